The molecular weight excluding hydrogens is 368 g/mol. The number of nitrogens with zero attached hydrogens (tertiary/aromatic N) is 3. The third kappa shape index (κ3) is 3.84. The van der Waals surface area contributed by atoms with Gasteiger partial charge >= 0.3 is 0 Å². The second-order valence-electron chi connectivity index (χ2n) is 6.58. The standard InChI is InChI=1S/C22H18N4O3/c27-22(24-23-15-16-6-5-7-17(14-16)26(28)29)12-13-25-20-10-3-1-8-18(20)19-9-2-4-11-21(19)25/h1-11,14-15H,12-13H2,(H,24,27). The summed E-state index contributed by atoms with van der Waals surface area (Å²) in [4.78, 5) is 22.6. The number of hydrogen-bond donors (Lipinski definition) is 1. The highest BCUT2D eigenvalue weighted by molar-refractivity contribution is 6.08. The summed E-state index contributed by atoms with van der Waals surface area (Å²) in [6.45, 7) is 0.520. The summed E-state index contributed by atoms with van der Waals surface area (Å²) in [6, 6.07) is 22.3. The number of fused-ring (bicyclic) bond motifs is 3. The van der Waals surface area contributed by atoms with Gasteiger partial charge in [-0.25, -0.2) is 5.43 Å². The van der Waals surface area contributed by atoms with E-state index in [0.717, 1.165) is 21.8 Å². The second kappa shape index (κ2) is 7.93. The van der Waals surface area contributed by atoms with Crippen LogP contribution < -0.4 is 5.43 Å². The number of para-hydroxylation sites is 2. The molecule has 0 aliphatic rings. The molecule has 144 valence electrons. The summed E-state index contributed by atoms with van der Waals surface area (Å²) in [5, 5.41) is 17.0. The zero-order valence-electron chi connectivity index (χ0n) is 15.5. The van der Waals surface area contributed by atoms with Crippen molar-refractivity contribution in [2.24, 2.45) is 5.10 Å². The molecule has 0 unspecified atom stereocenters. The maximum Gasteiger partial charge on any atom is 0.270 e. The summed E-state index contributed by atoms with van der Waals surface area (Å²) in [5.41, 5.74) is 5.18. The first-order valence-electron chi connectivity index (χ1n) is 9.16. The SMILES string of the molecule is O=C(CCn1c2ccccc2c2ccccc21)NN=Cc1cccc([N+](=O)[O-])c1. The highest BCUT2D eigenvalue weighted by Crippen LogP contribution is 2.28. The zero-order chi connectivity index (χ0) is 20.2. The molecule has 0 spiro atoms. The van der Waals surface area contributed by atoms with Crippen LogP contribution in [0.4, 0.5) is 5.69 Å². The third-order valence-electron chi connectivity index (χ3n) is 4.73. The fourth-order valence-electron chi connectivity index (χ4n) is 3.41. The van der Waals surface area contributed by atoms with E-state index in [0.29, 0.717) is 12.1 Å². The molecule has 1 amide bonds. The molecule has 4 aromatic rings. The summed E-state index contributed by atoms with van der Waals surface area (Å²) >= 11 is 0. The van der Waals surface area contributed by atoms with Crippen LogP contribution in [0.25, 0.3) is 21.8 Å². The van der Waals surface area contributed by atoms with Crippen LogP contribution >= 0.6 is 0 Å². The van der Waals surface area contributed by atoms with E-state index in [2.05, 4.69) is 27.2 Å². The summed E-state index contributed by atoms with van der Waals surface area (Å²) in [6.07, 6.45) is 1.65. The van der Waals surface area contributed by atoms with Crippen molar-refractivity contribution in [3.8, 4) is 0 Å². The van der Waals surface area contributed by atoms with Crippen LogP contribution in [0.3, 0.4) is 0 Å². The van der Waals surface area contributed by atoms with E-state index < -0.39 is 4.92 Å². The van der Waals surface area contributed by atoms with Crippen molar-refractivity contribution in [3.63, 3.8) is 0 Å². The fraction of sp³-hybridized carbons (Fsp3) is 0.0909. The summed E-state index contributed by atoms with van der Waals surface area (Å²) in [5.74, 6) is -0.228. The molecule has 1 heterocycles. The number of nitro benzene ring substituents is 1. The minimum atomic E-state index is -0.471. The normalized spacial score (nSPS) is 11.3. The van der Waals surface area contributed by atoms with Crippen molar-refractivity contribution in [2.45, 2.75) is 13.0 Å². The molecule has 0 bridgehead atoms. The van der Waals surface area contributed by atoms with E-state index in [9.17, 15) is 14.9 Å². The zero-order valence-corrected chi connectivity index (χ0v) is 15.5. The first kappa shape index (κ1) is 18.4. The van der Waals surface area contributed by atoms with Gasteiger partial charge in [0.15, 0.2) is 0 Å². The number of aromatic nitrogens is 1. The molecule has 0 saturated heterocycles. The average Bonchev–Trinajstić information content (AvgIpc) is 3.06. The Morgan fingerprint density at radius 3 is 2.31 bits per heavy atom. The molecule has 0 aliphatic heterocycles. The lowest BCUT2D eigenvalue weighted by Crippen LogP contribution is -2.19. The highest BCUT2D eigenvalue weighted by atomic mass is 16.6. The third-order valence-corrected chi connectivity index (χ3v) is 4.73. The van der Waals surface area contributed by atoms with Crippen molar-refractivity contribution < 1.29 is 9.72 Å². The maximum atomic E-state index is 12.2. The Hall–Kier alpha value is -4.00. The number of hydrogen-bond acceptors (Lipinski definition) is 4. The van der Waals surface area contributed by atoms with Gasteiger partial charge in [-0.2, -0.15) is 5.10 Å². The van der Waals surface area contributed by atoms with Crippen LogP contribution in [0, 0.1) is 10.1 Å². The first-order valence-corrected chi connectivity index (χ1v) is 9.16. The molecule has 0 saturated carbocycles. The molecule has 7 nitrogen and oxygen atoms in total. The number of nitro groups is 1. The van der Waals surface area contributed by atoms with Gasteiger partial charge < -0.3 is 4.57 Å². The minimum absolute atomic E-state index is 0.0216. The second-order valence-corrected chi connectivity index (χ2v) is 6.58. The van der Waals surface area contributed by atoms with Crippen molar-refractivity contribution >= 4 is 39.6 Å². The maximum absolute atomic E-state index is 12.2. The van der Waals surface area contributed by atoms with Crippen molar-refractivity contribution in [1.29, 1.82) is 0 Å². The number of nitrogens with one attached hydrogen (secondary N) is 1. The molecule has 0 aliphatic carbocycles. The van der Waals surface area contributed by atoms with Crippen molar-refractivity contribution in [1.82, 2.24) is 9.99 Å². The van der Waals surface area contributed by atoms with Gasteiger partial charge in [0.2, 0.25) is 5.91 Å². The molecule has 4 rings (SSSR count). The van der Waals surface area contributed by atoms with Crippen LogP contribution in [0.15, 0.2) is 77.9 Å². The van der Waals surface area contributed by atoms with Crippen molar-refractivity contribution in [3.05, 3.63) is 88.5 Å². The molecule has 3 aromatic carbocycles. The minimum Gasteiger partial charge on any atom is -0.340 e. The molecule has 0 fully saturated rings. The van der Waals surface area contributed by atoms with Crippen LogP contribution in [-0.2, 0) is 11.3 Å². The number of amides is 1. The lowest BCUT2D eigenvalue weighted by molar-refractivity contribution is -0.384. The van der Waals surface area contributed by atoms with E-state index >= 15 is 0 Å². The molecule has 0 atom stereocenters. The number of benzene rings is 3. The number of non-ortho nitro benzene ring substituents is 1. The number of aryl methyl sites for hydroxylation is 1. The number of rotatable bonds is 6. The average molecular weight is 386 g/mol. The van der Waals surface area contributed by atoms with E-state index in [4.69, 9.17) is 0 Å². The quantitative estimate of drug-likeness (QED) is 0.305. The van der Waals surface area contributed by atoms with Crippen LogP contribution in [0.2, 0.25) is 0 Å². The van der Waals surface area contributed by atoms with Gasteiger partial charge in [0, 0.05) is 52.5 Å². The summed E-state index contributed by atoms with van der Waals surface area (Å²) in [7, 11) is 0. The van der Waals surface area contributed by atoms with Gasteiger partial charge in [-0.15, -0.1) is 0 Å². The largest absolute Gasteiger partial charge is 0.340 e. The van der Waals surface area contributed by atoms with Crippen LogP contribution in [0.1, 0.15) is 12.0 Å². The Morgan fingerprint density at radius 1 is 1.00 bits per heavy atom. The lowest BCUT2D eigenvalue weighted by Gasteiger charge is -2.06. The number of hydrazone groups is 1. The van der Waals surface area contributed by atoms with Gasteiger partial charge in [-0.1, -0.05) is 48.5 Å². The Morgan fingerprint density at radius 2 is 1.66 bits per heavy atom. The van der Waals surface area contributed by atoms with Gasteiger partial charge in [-0.05, 0) is 12.1 Å². The fourth-order valence-corrected chi connectivity index (χ4v) is 3.41. The predicted octanol–water partition coefficient (Wildman–Crippen LogP) is 4.24. The Balaban J connectivity index is 1.45. The topological polar surface area (TPSA) is 89.5 Å². The van der Waals surface area contributed by atoms with E-state index in [1.165, 1.54) is 18.3 Å². The smallest absolute Gasteiger partial charge is 0.270 e. The lowest BCUT2D eigenvalue weighted by atomic mass is 10.2. The monoisotopic (exact) mass is 386 g/mol. The van der Waals surface area contributed by atoms with Crippen LogP contribution in [0.5, 0.6) is 0 Å². The van der Waals surface area contributed by atoms with Gasteiger partial charge in [0.25, 0.3) is 5.69 Å². The highest BCUT2D eigenvalue weighted by Gasteiger charge is 2.10. The van der Waals surface area contributed by atoms with Crippen molar-refractivity contribution in [2.75, 3.05) is 0 Å². The Labute approximate surface area is 166 Å². The van der Waals surface area contributed by atoms with E-state index in [1.54, 1.807) is 12.1 Å². The molecule has 7 heteroatoms. The Kier molecular flexibility index (Phi) is 5.03. The van der Waals surface area contributed by atoms with E-state index in [-0.39, 0.29) is 18.0 Å². The first-order chi connectivity index (χ1) is 14.1. The predicted molar refractivity (Wildman–Crippen MR) is 113 cm³/mol. The molecule has 1 aromatic heterocycles. The molecular formula is C22H18N4O3. The van der Waals surface area contributed by atoms with Crippen LogP contribution in [-0.4, -0.2) is 21.6 Å². The van der Waals surface area contributed by atoms with Gasteiger partial charge in [0.05, 0.1) is 11.1 Å². The molecule has 0 radical (unpaired) electrons. The number of carbonyl (C=O) groups excluding carboxylic acids is 1. The Bertz CT molecular complexity index is 1190. The number of carbonyl (C=O) groups is 1. The van der Waals surface area contributed by atoms with Gasteiger partial charge in [-0.3, -0.25) is 14.9 Å². The molecule has 29 heavy (non-hydrogen) atoms. The van der Waals surface area contributed by atoms with Gasteiger partial charge in [0.1, 0.15) is 0 Å². The molecule has 1 N–H and O–H groups in total. The summed E-state index contributed by atoms with van der Waals surface area (Å²) < 4.78 is 2.13. The van der Waals surface area contributed by atoms with E-state index in [1.807, 2.05) is 36.4 Å².